The molecule has 0 unspecified atom stereocenters. The van der Waals surface area contributed by atoms with Gasteiger partial charge in [0, 0.05) is 6.54 Å². The van der Waals surface area contributed by atoms with E-state index in [1.165, 1.54) is 0 Å². The lowest BCUT2D eigenvalue weighted by Gasteiger charge is -2.13. The molecule has 0 aromatic heterocycles. The first kappa shape index (κ1) is 15.2. The number of hydrogen-bond donors (Lipinski definition) is 2. The predicted octanol–water partition coefficient (Wildman–Crippen LogP) is 2.17. The minimum Gasteiger partial charge on any atom is -0.348 e. The molecule has 1 atom stereocenters. The van der Waals surface area contributed by atoms with Crippen LogP contribution >= 0.6 is 0 Å². The molecule has 0 aliphatic carbocycles. The monoisotopic (exact) mass is 262 g/mol. The van der Waals surface area contributed by atoms with Gasteiger partial charge >= 0.3 is 11.8 Å². The number of carbonyl (C=O) groups excluding carboxylic acids is 2. The van der Waals surface area contributed by atoms with Crippen LogP contribution in [0.25, 0.3) is 0 Å². The summed E-state index contributed by atoms with van der Waals surface area (Å²) in [5.74, 6) is -1.13. The van der Waals surface area contributed by atoms with Crippen molar-refractivity contribution in [3.8, 4) is 0 Å². The fourth-order valence-corrected chi connectivity index (χ4v) is 1.74. The van der Waals surface area contributed by atoms with Crippen LogP contribution < -0.4 is 10.6 Å². The summed E-state index contributed by atoms with van der Waals surface area (Å²) in [7, 11) is 0. The molecule has 4 heteroatoms. The van der Waals surface area contributed by atoms with E-state index < -0.39 is 11.8 Å². The molecule has 1 aromatic rings. The van der Waals surface area contributed by atoms with Crippen molar-refractivity contribution in [1.82, 2.24) is 10.6 Å². The van der Waals surface area contributed by atoms with E-state index in [0.717, 1.165) is 24.8 Å². The minimum absolute atomic E-state index is 0.171. The standard InChI is InChI=1S/C15H22N2O2/c1-3-4-8-11-16-14(18)15(19)17-12(2)13-9-6-5-7-10-13/h5-7,9-10,12H,3-4,8,11H2,1-2H3,(H,16,18)(H,17,19)/t12-/m0/s1. The summed E-state index contributed by atoms with van der Waals surface area (Å²) in [5, 5.41) is 5.31. The first-order valence-electron chi connectivity index (χ1n) is 6.78. The van der Waals surface area contributed by atoms with Gasteiger partial charge < -0.3 is 10.6 Å². The van der Waals surface area contributed by atoms with E-state index >= 15 is 0 Å². The second-order valence-electron chi connectivity index (χ2n) is 4.57. The van der Waals surface area contributed by atoms with Crippen LogP contribution in [0.1, 0.15) is 44.7 Å². The van der Waals surface area contributed by atoms with Crippen molar-refractivity contribution in [2.75, 3.05) is 6.54 Å². The number of amides is 2. The molecule has 0 spiro atoms. The fourth-order valence-electron chi connectivity index (χ4n) is 1.74. The Morgan fingerprint density at radius 1 is 1.11 bits per heavy atom. The largest absolute Gasteiger partial charge is 0.348 e. The third-order valence-corrected chi connectivity index (χ3v) is 2.92. The van der Waals surface area contributed by atoms with Crippen LogP contribution in [0.4, 0.5) is 0 Å². The summed E-state index contributed by atoms with van der Waals surface area (Å²) >= 11 is 0. The van der Waals surface area contributed by atoms with Crippen molar-refractivity contribution in [2.45, 2.75) is 39.2 Å². The minimum atomic E-state index is -0.576. The van der Waals surface area contributed by atoms with E-state index in [-0.39, 0.29) is 6.04 Å². The Morgan fingerprint density at radius 3 is 2.42 bits per heavy atom. The number of hydrogen-bond acceptors (Lipinski definition) is 2. The number of nitrogens with one attached hydrogen (secondary N) is 2. The van der Waals surface area contributed by atoms with Gasteiger partial charge in [-0.3, -0.25) is 9.59 Å². The molecule has 1 aromatic carbocycles. The van der Waals surface area contributed by atoms with Gasteiger partial charge in [-0.2, -0.15) is 0 Å². The SMILES string of the molecule is CCCCCNC(=O)C(=O)N[C@@H](C)c1ccccc1. The third kappa shape index (κ3) is 5.55. The number of rotatable bonds is 6. The Hall–Kier alpha value is -1.84. The molecule has 0 saturated carbocycles. The van der Waals surface area contributed by atoms with Crippen molar-refractivity contribution < 1.29 is 9.59 Å². The summed E-state index contributed by atoms with van der Waals surface area (Å²) in [5.41, 5.74) is 0.981. The van der Waals surface area contributed by atoms with Crippen LogP contribution in [-0.2, 0) is 9.59 Å². The van der Waals surface area contributed by atoms with Crippen LogP contribution in [0.15, 0.2) is 30.3 Å². The van der Waals surface area contributed by atoms with Gasteiger partial charge in [0.1, 0.15) is 0 Å². The van der Waals surface area contributed by atoms with Gasteiger partial charge in [0.2, 0.25) is 0 Å². The van der Waals surface area contributed by atoms with E-state index in [0.29, 0.717) is 6.54 Å². The molecular weight excluding hydrogens is 240 g/mol. The number of benzene rings is 1. The van der Waals surface area contributed by atoms with E-state index in [4.69, 9.17) is 0 Å². The molecule has 19 heavy (non-hydrogen) atoms. The first-order valence-corrected chi connectivity index (χ1v) is 6.78. The van der Waals surface area contributed by atoms with E-state index in [1.807, 2.05) is 37.3 Å². The highest BCUT2D eigenvalue weighted by molar-refractivity contribution is 6.35. The van der Waals surface area contributed by atoms with Crippen molar-refractivity contribution in [1.29, 1.82) is 0 Å². The molecule has 0 fully saturated rings. The summed E-state index contributed by atoms with van der Waals surface area (Å²) in [6.45, 7) is 4.51. The lowest BCUT2D eigenvalue weighted by molar-refractivity contribution is -0.139. The molecule has 0 saturated heterocycles. The van der Waals surface area contributed by atoms with Gasteiger partial charge in [-0.1, -0.05) is 50.1 Å². The van der Waals surface area contributed by atoms with Crippen LogP contribution in [0.5, 0.6) is 0 Å². The van der Waals surface area contributed by atoms with Gasteiger partial charge in [0.15, 0.2) is 0 Å². The molecule has 2 N–H and O–H groups in total. The topological polar surface area (TPSA) is 58.2 Å². The van der Waals surface area contributed by atoms with Crippen molar-refractivity contribution in [3.63, 3.8) is 0 Å². The van der Waals surface area contributed by atoms with Gasteiger partial charge in [-0.05, 0) is 18.9 Å². The summed E-state index contributed by atoms with van der Waals surface area (Å²) in [4.78, 5) is 23.2. The van der Waals surface area contributed by atoms with Crippen molar-refractivity contribution in [2.24, 2.45) is 0 Å². The van der Waals surface area contributed by atoms with E-state index in [2.05, 4.69) is 17.6 Å². The highest BCUT2D eigenvalue weighted by Crippen LogP contribution is 2.10. The normalized spacial score (nSPS) is 11.7. The summed E-state index contributed by atoms with van der Waals surface area (Å²) in [6.07, 6.45) is 3.05. The van der Waals surface area contributed by atoms with Gasteiger partial charge in [-0.15, -0.1) is 0 Å². The Kier molecular flexibility index (Phi) is 6.64. The Morgan fingerprint density at radius 2 is 1.79 bits per heavy atom. The smallest absolute Gasteiger partial charge is 0.309 e. The van der Waals surface area contributed by atoms with Gasteiger partial charge in [-0.25, -0.2) is 0 Å². The fraction of sp³-hybridized carbons (Fsp3) is 0.467. The summed E-state index contributed by atoms with van der Waals surface area (Å²) < 4.78 is 0. The van der Waals surface area contributed by atoms with Crippen molar-refractivity contribution >= 4 is 11.8 Å². The third-order valence-electron chi connectivity index (χ3n) is 2.92. The second kappa shape index (κ2) is 8.29. The molecule has 4 nitrogen and oxygen atoms in total. The first-order chi connectivity index (χ1) is 9.15. The molecule has 0 heterocycles. The Balaban J connectivity index is 2.35. The molecule has 0 bridgehead atoms. The maximum absolute atomic E-state index is 11.7. The zero-order valence-corrected chi connectivity index (χ0v) is 11.6. The average Bonchev–Trinajstić information content (AvgIpc) is 2.44. The molecular formula is C15H22N2O2. The maximum atomic E-state index is 11.7. The zero-order valence-electron chi connectivity index (χ0n) is 11.6. The molecule has 0 aliphatic rings. The number of unbranched alkanes of at least 4 members (excludes halogenated alkanes) is 2. The van der Waals surface area contributed by atoms with Crippen LogP contribution in [0, 0.1) is 0 Å². The Labute approximate surface area is 114 Å². The molecule has 1 rings (SSSR count). The quantitative estimate of drug-likeness (QED) is 0.610. The maximum Gasteiger partial charge on any atom is 0.309 e. The Bertz CT molecular complexity index is 404. The molecule has 0 radical (unpaired) electrons. The highest BCUT2D eigenvalue weighted by atomic mass is 16.2. The lowest BCUT2D eigenvalue weighted by Crippen LogP contribution is -2.41. The zero-order chi connectivity index (χ0) is 14.1. The van der Waals surface area contributed by atoms with E-state index in [9.17, 15) is 9.59 Å². The van der Waals surface area contributed by atoms with Gasteiger partial charge in [0.25, 0.3) is 0 Å². The lowest BCUT2D eigenvalue weighted by atomic mass is 10.1. The van der Waals surface area contributed by atoms with E-state index in [1.54, 1.807) is 0 Å². The van der Waals surface area contributed by atoms with Crippen LogP contribution in [0.3, 0.4) is 0 Å². The molecule has 0 aliphatic heterocycles. The second-order valence-corrected chi connectivity index (χ2v) is 4.57. The van der Waals surface area contributed by atoms with Crippen LogP contribution in [-0.4, -0.2) is 18.4 Å². The van der Waals surface area contributed by atoms with Gasteiger partial charge in [0.05, 0.1) is 6.04 Å². The summed E-state index contributed by atoms with van der Waals surface area (Å²) in [6, 6.07) is 9.40. The molecule has 2 amide bonds. The average molecular weight is 262 g/mol. The number of carbonyl (C=O) groups is 2. The highest BCUT2D eigenvalue weighted by Gasteiger charge is 2.15. The molecule has 104 valence electrons. The van der Waals surface area contributed by atoms with Crippen LogP contribution in [0.2, 0.25) is 0 Å². The van der Waals surface area contributed by atoms with Crippen molar-refractivity contribution in [3.05, 3.63) is 35.9 Å². The predicted molar refractivity (Wildman–Crippen MR) is 75.5 cm³/mol.